The van der Waals surface area contributed by atoms with Gasteiger partial charge in [0.25, 0.3) is 0 Å². The second kappa shape index (κ2) is 5.57. The number of amidine groups is 1. The summed E-state index contributed by atoms with van der Waals surface area (Å²) in [5.41, 5.74) is 10.2. The maximum Gasteiger partial charge on any atom is 0.131 e. The zero-order chi connectivity index (χ0) is 13.8. The smallest absolute Gasteiger partial charge is 0.131 e. The normalized spacial score (nSPS) is 11.4. The minimum atomic E-state index is 0.536. The summed E-state index contributed by atoms with van der Waals surface area (Å²) in [6.07, 6.45) is 0. The van der Waals surface area contributed by atoms with Crippen LogP contribution in [-0.2, 0) is 0 Å². The van der Waals surface area contributed by atoms with E-state index in [2.05, 4.69) is 22.9 Å². The Bertz CT molecular complexity index is 586. The fourth-order valence-corrected chi connectivity index (χ4v) is 1.96. The highest BCUT2D eigenvalue weighted by atomic mass is 15.1. The lowest BCUT2D eigenvalue weighted by Gasteiger charge is -2.16. The molecule has 19 heavy (non-hydrogen) atoms. The van der Waals surface area contributed by atoms with Crippen molar-refractivity contribution < 1.29 is 0 Å². The molecule has 0 bridgehead atoms. The van der Waals surface area contributed by atoms with E-state index in [1.54, 1.807) is 0 Å². The van der Waals surface area contributed by atoms with Crippen LogP contribution < -0.4 is 10.6 Å². The second-order valence-corrected chi connectivity index (χ2v) is 4.73. The quantitative estimate of drug-likeness (QED) is 0.674. The molecule has 3 nitrogen and oxygen atoms in total. The number of hydrogen-bond acceptors (Lipinski definition) is 2. The molecule has 0 aromatic heterocycles. The minimum absolute atomic E-state index is 0.536. The minimum Gasteiger partial charge on any atom is -0.383 e. The highest BCUT2D eigenvalue weighted by Gasteiger charge is 2.03. The van der Waals surface area contributed by atoms with Crippen LogP contribution in [0.1, 0.15) is 11.1 Å². The van der Waals surface area contributed by atoms with Gasteiger partial charge in [-0.05, 0) is 24.6 Å². The van der Waals surface area contributed by atoms with Gasteiger partial charge in [0.2, 0.25) is 0 Å². The lowest BCUT2D eigenvalue weighted by atomic mass is 10.1. The van der Waals surface area contributed by atoms with Crippen LogP contribution in [-0.4, -0.2) is 19.9 Å². The molecule has 0 aliphatic rings. The van der Waals surface area contributed by atoms with Crippen molar-refractivity contribution >= 4 is 17.2 Å². The van der Waals surface area contributed by atoms with Crippen molar-refractivity contribution in [3.05, 3.63) is 59.7 Å². The van der Waals surface area contributed by atoms with Crippen molar-refractivity contribution in [3.63, 3.8) is 0 Å². The van der Waals surface area contributed by atoms with Crippen molar-refractivity contribution in [2.45, 2.75) is 6.92 Å². The van der Waals surface area contributed by atoms with Gasteiger partial charge in [0, 0.05) is 25.3 Å². The summed E-state index contributed by atoms with van der Waals surface area (Å²) in [7, 11) is 4.05. The van der Waals surface area contributed by atoms with Gasteiger partial charge in [-0.3, -0.25) is 0 Å². The van der Waals surface area contributed by atoms with E-state index in [0.29, 0.717) is 5.84 Å². The number of aryl methyl sites for hydroxylation is 1. The Hall–Kier alpha value is -2.29. The lowest BCUT2D eigenvalue weighted by Crippen LogP contribution is -2.13. The summed E-state index contributed by atoms with van der Waals surface area (Å²) in [6.45, 7) is 2.09. The van der Waals surface area contributed by atoms with Crippen LogP contribution in [0.5, 0.6) is 0 Å². The summed E-state index contributed by atoms with van der Waals surface area (Å²) < 4.78 is 0. The van der Waals surface area contributed by atoms with E-state index in [1.165, 1.54) is 5.56 Å². The highest BCUT2D eigenvalue weighted by molar-refractivity contribution is 5.99. The van der Waals surface area contributed by atoms with Gasteiger partial charge in [-0.1, -0.05) is 36.4 Å². The second-order valence-electron chi connectivity index (χ2n) is 4.73. The molecule has 2 rings (SSSR count). The molecule has 2 aromatic carbocycles. The molecule has 3 heteroatoms. The number of nitrogens with two attached hydrogens (primary N) is 1. The molecule has 2 aromatic rings. The predicted molar refractivity (Wildman–Crippen MR) is 82.3 cm³/mol. The van der Waals surface area contributed by atoms with Crippen molar-refractivity contribution in [1.29, 1.82) is 0 Å². The number of hydrogen-bond donors (Lipinski definition) is 1. The van der Waals surface area contributed by atoms with Gasteiger partial charge in [-0.25, -0.2) is 4.99 Å². The van der Waals surface area contributed by atoms with E-state index in [-0.39, 0.29) is 0 Å². The molecular formula is C16H19N3. The first-order valence-electron chi connectivity index (χ1n) is 6.25. The Kier molecular flexibility index (Phi) is 3.85. The van der Waals surface area contributed by atoms with Crippen LogP contribution in [0.3, 0.4) is 0 Å². The summed E-state index contributed by atoms with van der Waals surface area (Å²) in [5.74, 6) is 0.536. The zero-order valence-corrected chi connectivity index (χ0v) is 11.6. The first-order chi connectivity index (χ1) is 9.08. The first kappa shape index (κ1) is 13.1. The van der Waals surface area contributed by atoms with E-state index < -0.39 is 0 Å². The van der Waals surface area contributed by atoms with Crippen molar-refractivity contribution in [2.24, 2.45) is 10.7 Å². The molecule has 0 atom stereocenters. The van der Waals surface area contributed by atoms with Crippen LogP contribution in [0.15, 0.2) is 53.5 Å². The third-order valence-electron chi connectivity index (χ3n) is 2.99. The number of aliphatic imine (C=N–C) groups is 1. The highest BCUT2D eigenvalue weighted by Crippen LogP contribution is 2.24. The summed E-state index contributed by atoms with van der Waals surface area (Å²) >= 11 is 0. The Balaban J connectivity index is 2.36. The first-order valence-corrected chi connectivity index (χ1v) is 6.25. The topological polar surface area (TPSA) is 41.6 Å². The summed E-state index contributed by atoms with van der Waals surface area (Å²) in [4.78, 5) is 6.56. The summed E-state index contributed by atoms with van der Waals surface area (Å²) in [6, 6.07) is 15.9. The maximum atomic E-state index is 6.03. The largest absolute Gasteiger partial charge is 0.383 e. The Morgan fingerprint density at radius 2 is 1.74 bits per heavy atom. The Morgan fingerprint density at radius 1 is 1.05 bits per heavy atom. The van der Waals surface area contributed by atoms with Crippen molar-refractivity contribution in [1.82, 2.24) is 0 Å². The number of benzene rings is 2. The van der Waals surface area contributed by atoms with Gasteiger partial charge in [0.05, 0.1) is 5.69 Å². The van der Waals surface area contributed by atoms with Gasteiger partial charge in [0.1, 0.15) is 5.84 Å². The van der Waals surface area contributed by atoms with Crippen LogP contribution in [0.4, 0.5) is 11.4 Å². The Morgan fingerprint density at radius 3 is 2.37 bits per heavy atom. The van der Waals surface area contributed by atoms with Crippen LogP contribution in [0.2, 0.25) is 0 Å². The Labute approximate surface area is 114 Å². The van der Waals surface area contributed by atoms with Crippen molar-refractivity contribution in [2.75, 3.05) is 19.0 Å². The standard InChI is InChI=1S/C16H19N3/c1-12-9-10-14(11-15(12)19(2)3)18-16(17)13-7-5-4-6-8-13/h4-11H,1-3H3,(H2,17,18). The molecule has 0 heterocycles. The molecule has 0 unspecified atom stereocenters. The number of nitrogens with zero attached hydrogens (tertiary/aromatic N) is 2. The monoisotopic (exact) mass is 253 g/mol. The fourth-order valence-electron chi connectivity index (χ4n) is 1.96. The van der Waals surface area contributed by atoms with Gasteiger partial charge >= 0.3 is 0 Å². The fraction of sp³-hybridized carbons (Fsp3) is 0.188. The van der Waals surface area contributed by atoms with Gasteiger partial charge < -0.3 is 10.6 Å². The van der Waals surface area contributed by atoms with Crippen LogP contribution >= 0.6 is 0 Å². The molecular weight excluding hydrogens is 234 g/mol. The molecule has 0 aliphatic heterocycles. The molecule has 0 fully saturated rings. The van der Waals surface area contributed by atoms with E-state index in [0.717, 1.165) is 16.9 Å². The van der Waals surface area contributed by atoms with E-state index >= 15 is 0 Å². The van der Waals surface area contributed by atoms with Gasteiger partial charge in [-0.2, -0.15) is 0 Å². The maximum absolute atomic E-state index is 6.03. The van der Waals surface area contributed by atoms with Gasteiger partial charge in [-0.15, -0.1) is 0 Å². The molecule has 0 aliphatic carbocycles. The van der Waals surface area contributed by atoms with Gasteiger partial charge in [0.15, 0.2) is 0 Å². The molecule has 2 N–H and O–H groups in total. The van der Waals surface area contributed by atoms with E-state index in [4.69, 9.17) is 5.73 Å². The lowest BCUT2D eigenvalue weighted by molar-refractivity contribution is 1.11. The average Bonchev–Trinajstić information content (AvgIpc) is 2.41. The predicted octanol–water partition coefficient (Wildman–Crippen LogP) is 3.10. The molecule has 0 spiro atoms. The van der Waals surface area contributed by atoms with E-state index in [1.807, 2.05) is 56.6 Å². The number of anilines is 1. The van der Waals surface area contributed by atoms with Crippen LogP contribution in [0.25, 0.3) is 0 Å². The molecule has 0 amide bonds. The summed E-state index contributed by atoms with van der Waals surface area (Å²) in [5, 5.41) is 0. The zero-order valence-electron chi connectivity index (χ0n) is 11.6. The molecule has 98 valence electrons. The third-order valence-corrected chi connectivity index (χ3v) is 2.99. The molecule has 0 saturated carbocycles. The number of rotatable bonds is 3. The molecule has 0 saturated heterocycles. The average molecular weight is 253 g/mol. The molecule has 0 radical (unpaired) electrons. The van der Waals surface area contributed by atoms with E-state index in [9.17, 15) is 0 Å². The van der Waals surface area contributed by atoms with Crippen LogP contribution in [0, 0.1) is 6.92 Å². The third kappa shape index (κ3) is 3.13. The van der Waals surface area contributed by atoms with Crippen molar-refractivity contribution in [3.8, 4) is 0 Å². The SMILES string of the molecule is Cc1ccc(N=C(N)c2ccccc2)cc1N(C)C.